The van der Waals surface area contributed by atoms with Gasteiger partial charge in [-0.15, -0.1) is 0 Å². The molecular weight excluding hydrogens is 267 g/mol. The van der Waals surface area contributed by atoms with Gasteiger partial charge in [-0.2, -0.15) is 13.2 Å². The van der Waals surface area contributed by atoms with Gasteiger partial charge in [0.1, 0.15) is 0 Å². The molecular formula is C15H20F3NO. The summed E-state index contributed by atoms with van der Waals surface area (Å²) in [5.74, 6) is 0.298. The Labute approximate surface area is 117 Å². The third kappa shape index (κ3) is 3.52. The predicted molar refractivity (Wildman–Crippen MR) is 71.7 cm³/mol. The fourth-order valence-corrected chi connectivity index (χ4v) is 2.89. The van der Waals surface area contributed by atoms with Gasteiger partial charge in [-0.25, -0.2) is 0 Å². The molecule has 0 heterocycles. The molecule has 20 heavy (non-hydrogen) atoms. The average molecular weight is 287 g/mol. The van der Waals surface area contributed by atoms with Crippen LogP contribution in [0.4, 0.5) is 13.2 Å². The summed E-state index contributed by atoms with van der Waals surface area (Å²) >= 11 is 0. The highest BCUT2D eigenvalue weighted by Gasteiger charge is 2.34. The fourth-order valence-electron chi connectivity index (χ4n) is 2.89. The van der Waals surface area contributed by atoms with Gasteiger partial charge in [0.05, 0.1) is 25.2 Å². The normalized spacial score (nSPS) is 26.4. The van der Waals surface area contributed by atoms with Crippen LogP contribution in [0.3, 0.4) is 0 Å². The first-order chi connectivity index (χ1) is 9.42. The number of fused-ring (bicyclic) bond motifs is 1. The van der Waals surface area contributed by atoms with E-state index in [1.165, 1.54) is 5.56 Å². The van der Waals surface area contributed by atoms with E-state index >= 15 is 0 Å². The van der Waals surface area contributed by atoms with Gasteiger partial charge >= 0.3 is 6.18 Å². The van der Waals surface area contributed by atoms with Crippen molar-refractivity contribution in [3.63, 3.8) is 0 Å². The molecule has 0 saturated carbocycles. The van der Waals surface area contributed by atoms with Crippen molar-refractivity contribution in [2.75, 3.05) is 13.7 Å². The maximum absolute atomic E-state index is 12.2. The molecule has 0 spiro atoms. The highest BCUT2D eigenvalue weighted by atomic mass is 19.4. The van der Waals surface area contributed by atoms with Crippen molar-refractivity contribution in [1.82, 2.24) is 5.32 Å². The lowest BCUT2D eigenvalue weighted by Crippen LogP contribution is -2.37. The molecule has 0 amide bonds. The van der Waals surface area contributed by atoms with E-state index in [-0.39, 0.29) is 18.8 Å². The van der Waals surface area contributed by atoms with Crippen LogP contribution in [-0.4, -0.2) is 25.9 Å². The molecule has 5 heteroatoms. The van der Waals surface area contributed by atoms with Crippen LogP contribution >= 0.6 is 0 Å². The number of likely N-dealkylation sites (N-methyl/N-ethyl adjacent to an activating group) is 1. The third-order valence-electron chi connectivity index (χ3n) is 3.85. The van der Waals surface area contributed by atoms with E-state index in [2.05, 4.69) is 18.3 Å². The Kier molecular flexibility index (Phi) is 4.70. The van der Waals surface area contributed by atoms with Crippen LogP contribution in [0.15, 0.2) is 24.3 Å². The lowest BCUT2D eigenvalue weighted by atomic mass is 9.79. The van der Waals surface area contributed by atoms with Crippen LogP contribution in [0, 0.1) is 0 Å². The molecule has 1 aliphatic rings. The van der Waals surface area contributed by atoms with Crippen LogP contribution in [0.2, 0.25) is 0 Å². The smallest absolute Gasteiger partial charge is 0.376 e. The van der Waals surface area contributed by atoms with Crippen molar-refractivity contribution in [3.05, 3.63) is 35.4 Å². The molecule has 0 bridgehead atoms. The molecule has 3 atom stereocenters. The first kappa shape index (κ1) is 15.3. The number of halogens is 3. The molecule has 0 radical (unpaired) electrons. The van der Waals surface area contributed by atoms with Crippen molar-refractivity contribution in [2.45, 2.75) is 44.0 Å². The van der Waals surface area contributed by atoms with Gasteiger partial charge in [0.2, 0.25) is 0 Å². The molecule has 1 N–H and O–H groups in total. The first-order valence-corrected chi connectivity index (χ1v) is 6.87. The Morgan fingerprint density at radius 1 is 1.25 bits per heavy atom. The molecule has 1 aromatic carbocycles. The van der Waals surface area contributed by atoms with Gasteiger partial charge < -0.3 is 10.1 Å². The van der Waals surface area contributed by atoms with Crippen molar-refractivity contribution in [1.29, 1.82) is 0 Å². The maximum Gasteiger partial charge on any atom is 0.391 e. The minimum Gasteiger partial charge on any atom is -0.376 e. The zero-order valence-corrected chi connectivity index (χ0v) is 11.7. The molecule has 0 saturated heterocycles. The Hall–Kier alpha value is -1.07. The molecule has 0 aliphatic heterocycles. The highest BCUT2D eigenvalue weighted by Crippen LogP contribution is 2.38. The molecule has 0 fully saturated rings. The molecule has 0 aromatic heterocycles. The van der Waals surface area contributed by atoms with Gasteiger partial charge in [0, 0.05) is 0 Å². The summed E-state index contributed by atoms with van der Waals surface area (Å²) in [5.41, 5.74) is 2.38. The van der Waals surface area contributed by atoms with Gasteiger partial charge in [-0.1, -0.05) is 31.2 Å². The second-order valence-corrected chi connectivity index (χ2v) is 5.31. The topological polar surface area (TPSA) is 21.3 Å². The molecule has 3 unspecified atom stereocenters. The quantitative estimate of drug-likeness (QED) is 0.909. The largest absolute Gasteiger partial charge is 0.391 e. The second-order valence-electron chi connectivity index (χ2n) is 5.31. The number of hydrogen-bond donors (Lipinski definition) is 1. The SMILES string of the molecule is CNC1c2ccccc2C(C)CC1OCCC(F)(F)F. The van der Waals surface area contributed by atoms with Crippen LogP contribution in [0.25, 0.3) is 0 Å². The standard InChI is InChI=1S/C15H20F3NO/c1-10-9-13(20-8-7-15(16,17)18)14(19-2)12-6-4-3-5-11(10)12/h3-6,10,13-14,19H,7-9H2,1-2H3. The zero-order valence-electron chi connectivity index (χ0n) is 11.7. The van der Waals surface area contributed by atoms with Crippen molar-refractivity contribution < 1.29 is 17.9 Å². The molecule has 2 nitrogen and oxygen atoms in total. The van der Waals surface area contributed by atoms with E-state index in [0.717, 1.165) is 12.0 Å². The summed E-state index contributed by atoms with van der Waals surface area (Å²) in [5, 5.41) is 3.17. The number of hydrogen-bond acceptors (Lipinski definition) is 2. The Morgan fingerprint density at radius 2 is 1.90 bits per heavy atom. The lowest BCUT2D eigenvalue weighted by Gasteiger charge is -2.36. The van der Waals surface area contributed by atoms with Crippen LogP contribution in [-0.2, 0) is 4.74 Å². The Morgan fingerprint density at radius 3 is 2.50 bits per heavy atom. The summed E-state index contributed by atoms with van der Waals surface area (Å²) in [6.07, 6.45) is -4.53. The lowest BCUT2D eigenvalue weighted by molar-refractivity contribution is -0.151. The monoisotopic (exact) mass is 287 g/mol. The van der Waals surface area contributed by atoms with E-state index in [1.807, 2.05) is 25.2 Å². The van der Waals surface area contributed by atoms with Gasteiger partial charge in [0.25, 0.3) is 0 Å². The van der Waals surface area contributed by atoms with Gasteiger partial charge in [0.15, 0.2) is 0 Å². The minimum absolute atomic E-state index is 0.0457. The number of rotatable bonds is 4. The Bertz CT molecular complexity index is 447. The van der Waals surface area contributed by atoms with E-state index in [0.29, 0.717) is 5.92 Å². The zero-order chi connectivity index (χ0) is 14.8. The van der Waals surface area contributed by atoms with E-state index in [1.54, 1.807) is 0 Å². The first-order valence-electron chi connectivity index (χ1n) is 6.87. The maximum atomic E-state index is 12.2. The summed E-state index contributed by atoms with van der Waals surface area (Å²) in [7, 11) is 1.82. The van der Waals surface area contributed by atoms with E-state index in [9.17, 15) is 13.2 Å². The van der Waals surface area contributed by atoms with Crippen LogP contribution < -0.4 is 5.32 Å². The van der Waals surface area contributed by atoms with Crippen molar-refractivity contribution in [2.24, 2.45) is 0 Å². The van der Waals surface area contributed by atoms with Gasteiger partial charge in [-0.05, 0) is 30.5 Å². The number of alkyl halides is 3. The second kappa shape index (κ2) is 6.14. The van der Waals surface area contributed by atoms with Gasteiger partial charge in [-0.3, -0.25) is 0 Å². The Balaban J connectivity index is 2.08. The molecule has 1 aliphatic carbocycles. The summed E-state index contributed by atoms with van der Waals surface area (Å²) in [6.45, 7) is 1.81. The third-order valence-corrected chi connectivity index (χ3v) is 3.85. The van der Waals surface area contributed by atoms with E-state index < -0.39 is 12.6 Å². The van der Waals surface area contributed by atoms with E-state index in [4.69, 9.17) is 4.74 Å². The molecule has 1 aromatic rings. The summed E-state index contributed by atoms with van der Waals surface area (Å²) in [6, 6.07) is 8.00. The van der Waals surface area contributed by atoms with Crippen LogP contribution in [0.1, 0.15) is 42.9 Å². The minimum atomic E-state index is -4.16. The highest BCUT2D eigenvalue weighted by molar-refractivity contribution is 5.36. The molecule has 112 valence electrons. The number of benzene rings is 1. The average Bonchev–Trinajstić information content (AvgIpc) is 2.38. The number of nitrogens with one attached hydrogen (secondary N) is 1. The molecule has 2 rings (SSSR count). The summed E-state index contributed by atoms with van der Waals surface area (Å²) < 4.78 is 42.1. The van der Waals surface area contributed by atoms with Crippen molar-refractivity contribution >= 4 is 0 Å². The predicted octanol–water partition coefficient (Wildman–Crippen LogP) is 3.79. The number of ether oxygens (including phenoxy) is 1. The fraction of sp³-hybridized carbons (Fsp3) is 0.600. The van der Waals surface area contributed by atoms with Crippen LogP contribution in [0.5, 0.6) is 0 Å². The van der Waals surface area contributed by atoms with Crippen molar-refractivity contribution in [3.8, 4) is 0 Å². The summed E-state index contributed by atoms with van der Waals surface area (Å²) in [4.78, 5) is 0.